The number of hydrogen-bond acceptors (Lipinski definition) is 3. The maximum atomic E-state index is 12.1. The van der Waals surface area contributed by atoms with Crippen LogP contribution in [-0.4, -0.2) is 0 Å². The fourth-order valence-corrected chi connectivity index (χ4v) is 2.51. The van der Waals surface area contributed by atoms with Gasteiger partial charge in [0.2, 0.25) is 0 Å². The van der Waals surface area contributed by atoms with Crippen molar-refractivity contribution in [2.45, 2.75) is 40.5 Å². The summed E-state index contributed by atoms with van der Waals surface area (Å²) >= 11 is 0. The minimum Gasteiger partial charge on any atom is -0.399 e. The third-order valence-electron chi connectivity index (χ3n) is 2.26. The highest BCUT2D eigenvalue weighted by Gasteiger charge is 2.22. The predicted octanol–water partition coefficient (Wildman–Crippen LogP) is 4.46. The first-order valence-corrected chi connectivity index (χ1v) is 8.94. The quantitative estimate of drug-likeness (QED) is 0.634. The second-order valence-electron chi connectivity index (χ2n) is 4.89. The zero-order chi connectivity index (χ0) is 17.0. The molecular formula is C18H28N2OP+. The highest BCUT2D eigenvalue weighted by molar-refractivity contribution is 7.61. The molecule has 2 aromatic rings. The fraction of sp³-hybridized carbons (Fsp3) is 0.333. The summed E-state index contributed by atoms with van der Waals surface area (Å²) in [4.78, 5) is 0. The summed E-state index contributed by atoms with van der Waals surface area (Å²) < 4.78 is 12.1. The number of rotatable bonds is 2. The first-order chi connectivity index (χ1) is 10.5. The lowest BCUT2D eigenvalue weighted by molar-refractivity contribution is 0.598. The smallest absolute Gasteiger partial charge is 0.399 e. The van der Waals surface area contributed by atoms with Crippen LogP contribution < -0.4 is 22.1 Å². The van der Waals surface area contributed by atoms with Crippen molar-refractivity contribution in [3.63, 3.8) is 0 Å². The van der Waals surface area contributed by atoms with Crippen molar-refractivity contribution in [1.82, 2.24) is 0 Å². The van der Waals surface area contributed by atoms with Crippen LogP contribution in [0.5, 0.6) is 0 Å². The number of nitrogens with two attached hydrogens (primary N) is 2. The Morgan fingerprint density at radius 2 is 0.909 bits per heavy atom. The van der Waals surface area contributed by atoms with Gasteiger partial charge in [-0.05, 0) is 48.5 Å². The molecule has 2 rings (SSSR count). The molecule has 0 fully saturated rings. The van der Waals surface area contributed by atoms with E-state index in [4.69, 9.17) is 11.5 Å². The van der Waals surface area contributed by atoms with Crippen LogP contribution in [0.3, 0.4) is 0 Å². The number of anilines is 2. The first-order valence-electron chi connectivity index (χ1n) is 7.68. The van der Waals surface area contributed by atoms with Crippen LogP contribution >= 0.6 is 7.80 Å². The Kier molecular flexibility index (Phi) is 10.8. The van der Waals surface area contributed by atoms with Gasteiger partial charge in [-0.25, -0.2) is 0 Å². The number of hydrogen-bond donors (Lipinski definition) is 2. The molecule has 0 amide bonds. The molecule has 2 aromatic carbocycles. The van der Waals surface area contributed by atoms with Crippen molar-refractivity contribution >= 4 is 29.8 Å². The SMILES string of the molecule is CCC.CCC.Nc1ccc([P+](=O)c2ccc(N)cc2)cc1. The minimum atomic E-state index is -1.56. The molecule has 0 aromatic heterocycles. The van der Waals surface area contributed by atoms with Gasteiger partial charge >= 0.3 is 7.80 Å². The summed E-state index contributed by atoms with van der Waals surface area (Å²) in [5.41, 5.74) is 12.5. The molecule has 0 spiro atoms. The molecule has 0 saturated carbocycles. The summed E-state index contributed by atoms with van der Waals surface area (Å²) in [6.45, 7) is 8.50. The molecule has 22 heavy (non-hydrogen) atoms. The second-order valence-corrected chi connectivity index (χ2v) is 6.51. The van der Waals surface area contributed by atoms with E-state index >= 15 is 0 Å². The normalized spacial score (nSPS) is 8.91. The largest absolute Gasteiger partial charge is 0.415 e. The highest BCUT2D eigenvalue weighted by Crippen LogP contribution is 2.20. The molecule has 0 radical (unpaired) electrons. The molecular weight excluding hydrogens is 291 g/mol. The molecule has 3 nitrogen and oxygen atoms in total. The Balaban J connectivity index is 0.000000639. The van der Waals surface area contributed by atoms with E-state index in [9.17, 15) is 4.57 Å². The summed E-state index contributed by atoms with van der Waals surface area (Å²) in [7, 11) is -1.56. The molecule has 0 bridgehead atoms. The van der Waals surface area contributed by atoms with Gasteiger partial charge in [-0.1, -0.05) is 45.1 Å². The second kappa shape index (κ2) is 11.8. The van der Waals surface area contributed by atoms with Gasteiger partial charge in [0.25, 0.3) is 0 Å². The molecule has 0 heterocycles. The van der Waals surface area contributed by atoms with Gasteiger partial charge < -0.3 is 11.5 Å². The predicted molar refractivity (Wildman–Crippen MR) is 101 cm³/mol. The van der Waals surface area contributed by atoms with Crippen molar-refractivity contribution in [2.24, 2.45) is 0 Å². The summed E-state index contributed by atoms with van der Waals surface area (Å²) in [5, 5.41) is 1.54. The van der Waals surface area contributed by atoms with Gasteiger partial charge in [-0.3, -0.25) is 0 Å². The first kappa shape index (κ1) is 20.1. The van der Waals surface area contributed by atoms with Crippen LogP contribution in [0.1, 0.15) is 40.5 Å². The van der Waals surface area contributed by atoms with E-state index < -0.39 is 7.80 Å². The lowest BCUT2D eigenvalue weighted by Crippen LogP contribution is -2.06. The van der Waals surface area contributed by atoms with Gasteiger partial charge in [0.1, 0.15) is 0 Å². The minimum absolute atomic E-state index is 0.671. The Morgan fingerprint density at radius 1 is 0.682 bits per heavy atom. The van der Waals surface area contributed by atoms with Crippen LogP contribution in [-0.2, 0) is 4.57 Å². The Labute approximate surface area is 135 Å². The number of nitrogen functional groups attached to an aromatic ring is 2. The van der Waals surface area contributed by atoms with E-state index in [2.05, 4.69) is 27.7 Å². The zero-order valence-electron chi connectivity index (χ0n) is 14.0. The average Bonchev–Trinajstić information content (AvgIpc) is 2.50. The molecule has 0 aliphatic heterocycles. The topological polar surface area (TPSA) is 69.1 Å². The summed E-state index contributed by atoms with van der Waals surface area (Å²) in [5.74, 6) is 0. The van der Waals surface area contributed by atoms with Crippen LogP contribution in [0.25, 0.3) is 0 Å². The summed E-state index contributed by atoms with van der Waals surface area (Å²) in [6.07, 6.45) is 2.50. The van der Waals surface area contributed by atoms with E-state index in [1.807, 2.05) is 0 Å². The lowest BCUT2D eigenvalue weighted by Gasteiger charge is -1.92. The molecule has 4 heteroatoms. The maximum absolute atomic E-state index is 12.1. The highest BCUT2D eigenvalue weighted by atomic mass is 31.1. The summed E-state index contributed by atoms with van der Waals surface area (Å²) in [6, 6.07) is 14.1. The third-order valence-corrected chi connectivity index (χ3v) is 3.79. The molecule has 0 saturated heterocycles. The van der Waals surface area contributed by atoms with Crippen LogP contribution in [0.4, 0.5) is 11.4 Å². The molecule has 0 unspecified atom stereocenters. The molecule has 0 aliphatic carbocycles. The molecule has 0 aliphatic rings. The van der Waals surface area contributed by atoms with E-state index in [-0.39, 0.29) is 0 Å². The number of benzene rings is 2. The molecule has 0 atom stereocenters. The Hall–Kier alpha value is -1.86. The average molecular weight is 319 g/mol. The van der Waals surface area contributed by atoms with Gasteiger partial charge in [0.15, 0.2) is 10.6 Å². The van der Waals surface area contributed by atoms with Crippen molar-refractivity contribution in [3.8, 4) is 0 Å². The van der Waals surface area contributed by atoms with Gasteiger partial charge in [-0.2, -0.15) is 0 Å². The molecule has 4 N–H and O–H groups in total. The molecule has 120 valence electrons. The van der Waals surface area contributed by atoms with Crippen molar-refractivity contribution < 1.29 is 4.57 Å². The standard InChI is InChI=1S/C12H12N2OP.2C3H8/c13-9-1-5-11(6-2-9)16(15)12-7-3-10(14)4-8-12;2*1-3-2/h1-8H,13-14H2;2*3H2,1-2H3/q+1;;. The van der Waals surface area contributed by atoms with Crippen LogP contribution in [0.15, 0.2) is 48.5 Å². The van der Waals surface area contributed by atoms with E-state index in [0.717, 1.165) is 10.6 Å². The fourth-order valence-electron chi connectivity index (χ4n) is 1.37. The van der Waals surface area contributed by atoms with Gasteiger partial charge in [0.05, 0.1) is 0 Å². The maximum Gasteiger partial charge on any atom is 0.415 e. The monoisotopic (exact) mass is 319 g/mol. The van der Waals surface area contributed by atoms with Gasteiger partial charge in [-0.15, -0.1) is 0 Å². The van der Waals surface area contributed by atoms with Crippen LogP contribution in [0, 0.1) is 0 Å². The van der Waals surface area contributed by atoms with Crippen molar-refractivity contribution in [3.05, 3.63) is 48.5 Å². The lowest BCUT2D eigenvalue weighted by atomic mass is 10.3. The third kappa shape index (κ3) is 7.80. The van der Waals surface area contributed by atoms with Crippen molar-refractivity contribution in [1.29, 1.82) is 0 Å². The Bertz CT molecular complexity index is 487. The van der Waals surface area contributed by atoms with Crippen LogP contribution in [0.2, 0.25) is 0 Å². The van der Waals surface area contributed by atoms with Crippen molar-refractivity contribution in [2.75, 3.05) is 11.5 Å². The zero-order valence-corrected chi connectivity index (χ0v) is 14.9. The van der Waals surface area contributed by atoms with Gasteiger partial charge in [0, 0.05) is 11.4 Å². The van der Waals surface area contributed by atoms with E-state index in [1.165, 1.54) is 12.8 Å². The van der Waals surface area contributed by atoms with E-state index in [0.29, 0.717) is 11.4 Å². The Morgan fingerprint density at radius 3 is 1.14 bits per heavy atom. The van der Waals surface area contributed by atoms with E-state index in [1.54, 1.807) is 48.5 Å².